The third-order valence-corrected chi connectivity index (χ3v) is 2.29. The van der Waals surface area contributed by atoms with Crippen LogP contribution in [0.4, 0.5) is 0 Å². The first-order valence-corrected chi connectivity index (χ1v) is 5.65. The summed E-state index contributed by atoms with van der Waals surface area (Å²) in [6.45, 7) is 4.27. The first-order chi connectivity index (χ1) is 6.22. The lowest BCUT2D eigenvalue weighted by molar-refractivity contribution is 1.27. The highest BCUT2D eigenvalue weighted by Crippen LogP contribution is 2.10. The van der Waals surface area contributed by atoms with Crippen LogP contribution in [0, 0.1) is 13.8 Å². The molecule has 0 saturated carbocycles. The fraction of sp³-hybridized carbons (Fsp3) is 0.333. The summed E-state index contributed by atoms with van der Waals surface area (Å²) in [5.74, 6) is 0. The van der Waals surface area contributed by atoms with Crippen LogP contribution >= 0.6 is 15.9 Å². The van der Waals surface area contributed by atoms with Gasteiger partial charge in [-0.05, 0) is 25.8 Å². The fourth-order valence-corrected chi connectivity index (χ4v) is 1.65. The maximum atomic E-state index is 3.40. The van der Waals surface area contributed by atoms with E-state index < -0.39 is 0 Å². The van der Waals surface area contributed by atoms with Crippen molar-refractivity contribution < 1.29 is 0 Å². The number of allylic oxidation sites excluding steroid dienone is 1. The molecule has 0 aliphatic heterocycles. The third-order valence-electron chi connectivity index (χ3n) is 1.83. The molecule has 0 heterocycles. The molecule has 1 aromatic carbocycles. The summed E-state index contributed by atoms with van der Waals surface area (Å²) in [7, 11) is 0. The Hall–Kier alpha value is -0.560. The van der Waals surface area contributed by atoms with Crippen LogP contribution in [-0.4, -0.2) is 5.33 Å². The van der Waals surface area contributed by atoms with Gasteiger partial charge in [-0.1, -0.05) is 57.4 Å². The van der Waals surface area contributed by atoms with Crippen LogP contribution in [0.3, 0.4) is 0 Å². The van der Waals surface area contributed by atoms with Gasteiger partial charge in [0, 0.05) is 5.33 Å². The molecule has 0 unspecified atom stereocenters. The zero-order chi connectivity index (χ0) is 9.68. The Morgan fingerprint density at radius 1 is 1.15 bits per heavy atom. The summed E-state index contributed by atoms with van der Waals surface area (Å²) >= 11 is 3.40. The summed E-state index contributed by atoms with van der Waals surface area (Å²) in [4.78, 5) is 0. The van der Waals surface area contributed by atoms with E-state index >= 15 is 0 Å². The average Bonchev–Trinajstić information content (AvgIpc) is 2.03. The smallest absolute Gasteiger partial charge is 0.00660 e. The van der Waals surface area contributed by atoms with Gasteiger partial charge in [0.05, 0.1) is 0 Å². The Morgan fingerprint density at radius 3 is 2.31 bits per heavy atom. The van der Waals surface area contributed by atoms with Crippen LogP contribution in [0.5, 0.6) is 0 Å². The number of aryl methyl sites for hydroxylation is 2. The molecule has 13 heavy (non-hydrogen) atoms. The maximum absolute atomic E-state index is 3.40. The van der Waals surface area contributed by atoms with Crippen LogP contribution in [0.1, 0.15) is 23.1 Å². The molecule has 0 radical (unpaired) electrons. The Bertz CT molecular complexity index is 280. The quantitative estimate of drug-likeness (QED) is 0.696. The van der Waals surface area contributed by atoms with Crippen LogP contribution in [0.2, 0.25) is 0 Å². The molecule has 0 saturated heterocycles. The second-order valence-electron chi connectivity index (χ2n) is 3.30. The van der Waals surface area contributed by atoms with E-state index in [0.717, 1.165) is 11.8 Å². The molecule has 0 aliphatic carbocycles. The van der Waals surface area contributed by atoms with E-state index in [1.54, 1.807) is 0 Å². The summed E-state index contributed by atoms with van der Waals surface area (Å²) in [6.07, 6.45) is 5.47. The number of rotatable bonds is 3. The van der Waals surface area contributed by atoms with Crippen molar-refractivity contribution in [2.45, 2.75) is 20.3 Å². The van der Waals surface area contributed by atoms with E-state index in [-0.39, 0.29) is 0 Å². The maximum Gasteiger partial charge on any atom is 0.00660 e. The van der Waals surface area contributed by atoms with E-state index in [4.69, 9.17) is 0 Å². The zero-order valence-electron chi connectivity index (χ0n) is 8.18. The monoisotopic (exact) mass is 238 g/mol. The SMILES string of the molecule is Cc1cc(C)cc(/C=C/CCBr)c1. The molecular weight excluding hydrogens is 224 g/mol. The standard InChI is InChI=1S/C12H15Br/c1-10-7-11(2)9-12(8-10)5-3-4-6-13/h3,5,7-9H,4,6H2,1-2H3/b5-3+. The summed E-state index contributed by atoms with van der Waals surface area (Å²) in [5.41, 5.74) is 3.97. The minimum atomic E-state index is 1.04. The number of hydrogen-bond donors (Lipinski definition) is 0. The van der Waals surface area contributed by atoms with Gasteiger partial charge in [0.2, 0.25) is 0 Å². The van der Waals surface area contributed by atoms with Crippen molar-refractivity contribution in [2.75, 3.05) is 5.33 Å². The topological polar surface area (TPSA) is 0 Å². The van der Waals surface area contributed by atoms with E-state index in [9.17, 15) is 0 Å². The Labute approximate surface area is 88.8 Å². The lowest BCUT2D eigenvalue weighted by atomic mass is 10.1. The Balaban J connectivity index is 2.77. The van der Waals surface area contributed by atoms with Crippen molar-refractivity contribution in [2.24, 2.45) is 0 Å². The molecule has 0 atom stereocenters. The molecule has 0 amide bonds. The zero-order valence-corrected chi connectivity index (χ0v) is 9.76. The number of hydrogen-bond acceptors (Lipinski definition) is 0. The van der Waals surface area contributed by atoms with Gasteiger partial charge in [-0.15, -0.1) is 0 Å². The predicted molar refractivity (Wildman–Crippen MR) is 63.4 cm³/mol. The molecule has 70 valence electrons. The number of benzene rings is 1. The van der Waals surface area contributed by atoms with Crippen LogP contribution in [0.25, 0.3) is 6.08 Å². The largest absolute Gasteiger partial charge is 0.0925 e. The Morgan fingerprint density at radius 2 is 1.77 bits per heavy atom. The summed E-state index contributed by atoms with van der Waals surface area (Å²) in [5, 5.41) is 1.04. The van der Waals surface area contributed by atoms with Crippen molar-refractivity contribution in [3.05, 3.63) is 41.0 Å². The normalized spacial score (nSPS) is 11.0. The average molecular weight is 239 g/mol. The minimum Gasteiger partial charge on any atom is -0.0925 e. The van der Waals surface area contributed by atoms with Crippen LogP contribution in [0.15, 0.2) is 24.3 Å². The van der Waals surface area contributed by atoms with Crippen LogP contribution < -0.4 is 0 Å². The molecule has 0 bridgehead atoms. The van der Waals surface area contributed by atoms with Gasteiger partial charge in [0.25, 0.3) is 0 Å². The van der Waals surface area contributed by atoms with E-state index in [1.807, 2.05) is 0 Å². The second-order valence-corrected chi connectivity index (χ2v) is 4.09. The van der Waals surface area contributed by atoms with Gasteiger partial charge < -0.3 is 0 Å². The molecule has 0 spiro atoms. The van der Waals surface area contributed by atoms with E-state index in [2.05, 4.69) is 60.1 Å². The van der Waals surface area contributed by atoms with Crippen molar-refractivity contribution in [3.8, 4) is 0 Å². The predicted octanol–water partition coefficient (Wildman–Crippen LogP) is 4.10. The molecule has 1 aromatic rings. The highest BCUT2D eigenvalue weighted by atomic mass is 79.9. The van der Waals surface area contributed by atoms with Gasteiger partial charge in [0.1, 0.15) is 0 Å². The second kappa shape index (κ2) is 5.23. The van der Waals surface area contributed by atoms with Gasteiger partial charge in [0.15, 0.2) is 0 Å². The van der Waals surface area contributed by atoms with Gasteiger partial charge >= 0.3 is 0 Å². The van der Waals surface area contributed by atoms with Crippen LogP contribution in [-0.2, 0) is 0 Å². The van der Waals surface area contributed by atoms with Crippen molar-refractivity contribution >= 4 is 22.0 Å². The third kappa shape index (κ3) is 3.77. The fourth-order valence-electron chi connectivity index (χ4n) is 1.39. The lowest BCUT2D eigenvalue weighted by Crippen LogP contribution is -1.79. The lowest BCUT2D eigenvalue weighted by Gasteiger charge is -1.99. The highest BCUT2D eigenvalue weighted by Gasteiger charge is 1.90. The van der Waals surface area contributed by atoms with Gasteiger partial charge in [-0.25, -0.2) is 0 Å². The van der Waals surface area contributed by atoms with Gasteiger partial charge in [-0.2, -0.15) is 0 Å². The van der Waals surface area contributed by atoms with Crippen molar-refractivity contribution in [3.63, 3.8) is 0 Å². The Kier molecular flexibility index (Phi) is 4.23. The van der Waals surface area contributed by atoms with Gasteiger partial charge in [-0.3, -0.25) is 0 Å². The molecule has 0 fully saturated rings. The molecular formula is C12H15Br. The minimum absolute atomic E-state index is 1.04. The highest BCUT2D eigenvalue weighted by molar-refractivity contribution is 9.09. The summed E-state index contributed by atoms with van der Waals surface area (Å²) in [6, 6.07) is 6.61. The molecule has 1 heteroatoms. The molecule has 0 aliphatic rings. The van der Waals surface area contributed by atoms with Crippen molar-refractivity contribution in [1.82, 2.24) is 0 Å². The molecule has 0 N–H and O–H groups in total. The number of halogens is 1. The molecule has 1 rings (SSSR count). The number of alkyl halides is 1. The first-order valence-electron chi connectivity index (χ1n) is 4.53. The van der Waals surface area contributed by atoms with E-state index in [0.29, 0.717) is 0 Å². The summed E-state index contributed by atoms with van der Waals surface area (Å²) < 4.78 is 0. The van der Waals surface area contributed by atoms with Crippen molar-refractivity contribution in [1.29, 1.82) is 0 Å². The molecule has 0 aromatic heterocycles. The first kappa shape index (κ1) is 10.5. The molecule has 0 nitrogen and oxygen atoms in total. The van der Waals surface area contributed by atoms with E-state index in [1.165, 1.54) is 16.7 Å².